The van der Waals surface area contributed by atoms with Gasteiger partial charge in [-0.3, -0.25) is 4.79 Å². The standard InChI is InChI=1S/C28H31F4N7O2/c1-27(8-9-27)38-11-6-17(14-38)26(40)33-13-24-35-25(36-41-24)23-12-18-20(34-21-7-10-37(2)15-19(21)29)4-3-5-22(18)39(23)16-28(30,31)32/h3-6,11-12,14,19,21,34H,7-10,13,15-16H2,1-2H3,(H,33,40)/t19-,21+/m0/s1. The fraction of sp³-hybridized carbons (Fsp3) is 0.464. The molecule has 1 aliphatic carbocycles. The molecule has 4 heterocycles. The van der Waals surface area contributed by atoms with Crippen molar-refractivity contribution in [1.29, 1.82) is 0 Å². The molecule has 4 aromatic rings. The molecule has 218 valence electrons. The zero-order valence-electron chi connectivity index (χ0n) is 22.7. The average Bonchev–Trinajstić information content (AvgIpc) is 3.31. The van der Waals surface area contributed by atoms with Crippen molar-refractivity contribution in [2.75, 3.05) is 25.5 Å². The summed E-state index contributed by atoms with van der Waals surface area (Å²) in [6.07, 6.45) is 0.709. The second-order valence-electron chi connectivity index (χ2n) is 11.3. The van der Waals surface area contributed by atoms with E-state index in [-0.39, 0.29) is 41.9 Å². The molecule has 3 aromatic heterocycles. The van der Waals surface area contributed by atoms with Crippen molar-refractivity contribution in [2.45, 2.75) is 63.2 Å². The molecule has 9 nitrogen and oxygen atoms in total. The molecule has 1 amide bonds. The molecule has 1 saturated carbocycles. The van der Waals surface area contributed by atoms with E-state index in [1.165, 1.54) is 0 Å². The minimum atomic E-state index is -4.52. The van der Waals surface area contributed by atoms with Crippen LogP contribution in [0, 0.1) is 0 Å². The Bertz CT molecular complexity index is 1570. The van der Waals surface area contributed by atoms with E-state index in [1.807, 2.05) is 22.7 Å². The summed E-state index contributed by atoms with van der Waals surface area (Å²) in [7, 11) is 1.85. The molecule has 13 heteroatoms. The molecule has 0 unspecified atom stereocenters. The van der Waals surface area contributed by atoms with Crippen molar-refractivity contribution in [1.82, 2.24) is 29.5 Å². The highest BCUT2D eigenvalue weighted by molar-refractivity contribution is 5.96. The topological polar surface area (TPSA) is 93.2 Å². The molecular weight excluding hydrogens is 542 g/mol. The quantitative estimate of drug-likeness (QED) is 0.290. The number of carbonyl (C=O) groups excluding carboxylic acids is 1. The first-order valence-corrected chi connectivity index (χ1v) is 13.6. The van der Waals surface area contributed by atoms with E-state index in [0.29, 0.717) is 35.1 Å². The fourth-order valence-electron chi connectivity index (χ4n) is 5.36. The summed E-state index contributed by atoms with van der Waals surface area (Å²) in [4.78, 5) is 18.8. The zero-order chi connectivity index (χ0) is 28.9. The Balaban J connectivity index is 1.24. The Morgan fingerprint density at radius 1 is 1.24 bits per heavy atom. The predicted octanol–water partition coefficient (Wildman–Crippen LogP) is 4.95. The number of rotatable bonds is 8. The van der Waals surface area contributed by atoms with E-state index in [1.54, 1.807) is 36.5 Å². The van der Waals surface area contributed by atoms with E-state index in [9.17, 15) is 22.4 Å². The van der Waals surface area contributed by atoms with Crippen molar-refractivity contribution < 1.29 is 26.9 Å². The first kappa shape index (κ1) is 27.3. The molecule has 0 bridgehead atoms. The first-order valence-electron chi connectivity index (χ1n) is 13.6. The number of aromatic nitrogens is 4. The van der Waals surface area contributed by atoms with Gasteiger partial charge < -0.3 is 29.2 Å². The van der Waals surface area contributed by atoms with Gasteiger partial charge in [-0.25, -0.2) is 4.39 Å². The van der Waals surface area contributed by atoms with E-state index in [4.69, 9.17) is 4.52 Å². The van der Waals surface area contributed by atoms with Crippen molar-refractivity contribution in [2.24, 2.45) is 0 Å². The van der Waals surface area contributed by atoms with Crippen LogP contribution in [0.15, 0.2) is 47.2 Å². The molecule has 0 spiro atoms. The van der Waals surface area contributed by atoms with Crippen LogP contribution in [0.3, 0.4) is 0 Å². The number of hydrogen-bond acceptors (Lipinski definition) is 6. The maximum Gasteiger partial charge on any atom is 0.406 e. The van der Waals surface area contributed by atoms with Gasteiger partial charge >= 0.3 is 6.18 Å². The first-order chi connectivity index (χ1) is 19.5. The van der Waals surface area contributed by atoms with Gasteiger partial charge in [-0.2, -0.15) is 18.2 Å². The molecule has 1 aliphatic heterocycles. The Kier molecular flexibility index (Phi) is 6.79. The molecule has 0 radical (unpaired) electrons. The summed E-state index contributed by atoms with van der Waals surface area (Å²) in [6, 6.07) is 7.76. The number of alkyl halides is 4. The Labute approximate surface area is 233 Å². The molecular formula is C28H31F4N7O2. The second kappa shape index (κ2) is 10.2. The molecule has 2 N–H and O–H groups in total. The van der Waals surface area contributed by atoms with Crippen LogP contribution in [-0.2, 0) is 18.6 Å². The molecule has 6 rings (SSSR count). The smallest absolute Gasteiger partial charge is 0.379 e. The number of amides is 1. The van der Waals surface area contributed by atoms with Gasteiger partial charge in [0.25, 0.3) is 5.91 Å². The van der Waals surface area contributed by atoms with E-state index in [2.05, 4.69) is 27.7 Å². The van der Waals surface area contributed by atoms with Crippen LogP contribution in [0.5, 0.6) is 0 Å². The van der Waals surface area contributed by atoms with Crippen molar-refractivity contribution >= 4 is 22.5 Å². The van der Waals surface area contributed by atoms with E-state index >= 15 is 0 Å². The van der Waals surface area contributed by atoms with Gasteiger partial charge in [0.2, 0.25) is 11.7 Å². The fourth-order valence-corrected chi connectivity index (χ4v) is 5.36. The van der Waals surface area contributed by atoms with Crippen LogP contribution < -0.4 is 10.6 Å². The van der Waals surface area contributed by atoms with Crippen LogP contribution in [0.1, 0.15) is 42.4 Å². The predicted molar refractivity (Wildman–Crippen MR) is 144 cm³/mol. The van der Waals surface area contributed by atoms with Gasteiger partial charge in [0.15, 0.2) is 0 Å². The van der Waals surface area contributed by atoms with Crippen LogP contribution in [-0.4, -0.2) is 68.6 Å². The van der Waals surface area contributed by atoms with Crippen molar-refractivity contribution in [3.63, 3.8) is 0 Å². The maximum absolute atomic E-state index is 14.7. The number of piperidine rings is 1. The summed E-state index contributed by atoms with van der Waals surface area (Å²) < 4.78 is 64.1. The van der Waals surface area contributed by atoms with Crippen molar-refractivity contribution in [3.05, 3.63) is 54.2 Å². The number of nitrogens with one attached hydrogen (secondary N) is 2. The molecule has 41 heavy (non-hydrogen) atoms. The SMILES string of the molecule is CN1CC[C@@H](Nc2cccc3c2cc(-c2noc(CNC(=O)c4ccn(C5(C)CC5)c4)n2)n3CC(F)(F)F)[C@@H](F)C1. The monoisotopic (exact) mass is 573 g/mol. The van der Waals surface area contributed by atoms with Crippen molar-refractivity contribution in [3.8, 4) is 11.5 Å². The Morgan fingerprint density at radius 2 is 2.05 bits per heavy atom. The second-order valence-corrected chi connectivity index (χ2v) is 11.3. The van der Waals surface area contributed by atoms with E-state index < -0.39 is 24.9 Å². The van der Waals surface area contributed by atoms with Gasteiger partial charge in [-0.15, -0.1) is 0 Å². The molecule has 1 saturated heterocycles. The summed E-state index contributed by atoms with van der Waals surface area (Å²) in [5, 5.41) is 10.3. The van der Waals surface area contributed by atoms with Gasteiger partial charge in [0.05, 0.1) is 29.4 Å². The number of anilines is 1. The lowest BCUT2D eigenvalue weighted by Gasteiger charge is -2.33. The highest BCUT2D eigenvalue weighted by Gasteiger charge is 2.39. The van der Waals surface area contributed by atoms with Crippen LogP contribution in [0.25, 0.3) is 22.4 Å². The number of likely N-dealkylation sites (tertiary alicyclic amines) is 1. The van der Waals surface area contributed by atoms with Crippen LogP contribution >= 0.6 is 0 Å². The minimum absolute atomic E-state index is 0.0453. The number of hydrogen-bond donors (Lipinski definition) is 2. The maximum atomic E-state index is 14.7. The average molecular weight is 574 g/mol. The Morgan fingerprint density at radius 3 is 2.78 bits per heavy atom. The zero-order valence-corrected chi connectivity index (χ0v) is 22.7. The highest BCUT2D eigenvalue weighted by atomic mass is 19.4. The van der Waals surface area contributed by atoms with Crippen LogP contribution in [0.4, 0.5) is 23.2 Å². The highest BCUT2D eigenvalue weighted by Crippen LogP contribution is 2.43. The number of fused-ring (bicyclic) bond motifs is 1. The lowest BCUT2D eigenvalue weighted by molar-refractivity contribution is -0.139. The molecule has 2 aliphatic rings. The largest absolute Gasteiger partial charge is 0.406 e. The van der Waals surface area contributed by atoms with Gasteiger partial charge in [0.1, 0.15) is 12.7 Å². The summed E-state index contributed by atoms with van der Waals surface area (Å²) in [5.74, 6) is -0.318. The third-order valence-electron chi connectivity index (χ3n) is 8.02. The molecule has 1 aromatic carbocycles. The third-order valence-corrected chi connectivity index (χ3v) is 8.02. The summed E-state index contributed by atoms with van der Waals surface area (Å²) in [6.45, 7) is 1.75. The van der Waals surface area contributed by atoms with Gasteiger partial charge in [-0.05, 0) is 57.5 Å². The Hall–Kier alpha value is -3.87. The summed E-state index contributed by atoms with van der Waals surface area (Å²) in [5.41, 5.74) is 1.49. The lowest BCUT2D eigenvalue weighted by Crippen LogP contribution is -2.46. The number of halogens is 4. The lowest BCUT2D eigenvalue weighted by atomic mass is 10.0. The van der Waals surface area contributed by atoms with Gasteiger partial charge in [0, 0.05) is 42.1 Å². The van der Waals surface area contributed by atoms with E-state index in [0.717, 1.165) is 17.4 Å². The molecule has 2 atom stereocenters. The number of nitrogens with zero attached hydrogens (tertiary/aromatic N) is 5. The number of benzene rings is 1. The van der Waals surface area contributed by atoms with Crippen LogP contribution in [0.2, 0.25) is 0 Å². The summed E-state index contributed by atoms with van der Waals surface area (Å²) >= 11 is 0. The molecule has 2 fully saturated rings. The minimum Gasteiger partial charge on any atom is -0.379 e. The normalized spacial score (nSPS) is 20.8. The number of carbonyl (C=O) groups is 1. The van der Waals surface area contributed by atoms with Gasteiger partial charge in [-0.1, -0.05) is 11.2 Å². The third kappa shape index (κ3) is 5.67.